The van der Waals surface area contributed by atoms with E-state index in [2.05, 4.69) is 20.3 Å². The monoisotopic (exact) mass is 493 g/mol. The van der Waals surface area contributed by atoms with Gasteiger partial charge in [0.2, 0.25) is 0 Å². The number of amides is 1. The lowest BCUT2D eigenvalue weighted by molar-refractivity contribution is -0.136. The number of rotatable bonds is 6. The van der Waals surface area contributed by atoms with Gasteiger partial charge in [-0.15, -0.1) is 0 Å². The first-order valence-electron chi connectivity index (χ1n) is 10.9. The maximum absolute atomic E-state index is 14.5. The van der Waals surface area contributed by atoms with Crippen molar-refractivity contribution < 1.29 is 27.5 Å². The van der Waals surface area contributed by atoms with Crippen LogP contribution in [0, 0.1) is 12.7 Å². The number of H-pyrrole nitrogens is 1. The molecule has 0 unspecified atom stereocenters. The van der Waals surface area contributed by atoms with Gasteiger partial charge in [0.05, 0.1) is 16.6 Å². The van der Waals surface area contributed by atoms with Crippen LogP contribution in [0.1, 0.15) is 41.8 Å². The number of halogens is 4. The summed E-state index contributed by atoms with van der Waals surface area (Å²) in [6.07, 6.45) is -2.92. The summed E-state index contributed by atoms with van der Waals surface area (Å²) in [7, 11) is 0. The minimum atomic E-state index is -2.96. The number of carbonyl (C=O) groups is 1. The SMILES string of the molecule is Cc1nc(NCc2cccc(C(F)F)c2F)c2cc(C3(O)CCN(C(=O)CF)CC3)c(=O)[nH]c2n1. The second kappa shape index (κ2) is 9.61. The zero-order chi connectivity index (χ0) is 25.3. The summed E-state index contributed by atoms with van der Waals surface area (Å²) in [5, 5.41) is 14.4. The van der Waals surface area contributed by atoms with Gasteiger partial charge in [0.1, 0.15) is 23.1 Å². The van der Waals surface area contributed by atoms with E-state index in [0.717, 1.165) is 6.07 Å². The molecule has 186 valence electrons. The first kappa shape index (κ1) is 24.6. The number of benzene rings is 1. The largest absolute Gasteiger partial charge is 0.385 e. The highest BCUT2D eigenvalue weighted by Crippen LogP contribution is 2.33. The van der Waals surface area contributed by atoms with Gasteiger partial charge in [-0.25, -0.2) is 27.5 Å². The van der Waals surface area contributed by atoms with Gasteiger partial charge >= 0.3 is 0 Å². The average molecular weight is 493 g/mol. The van der Waals surface area contributed by atoms with Crippen molar-refractivity contribution in [2.45, 2.75) is 38.3 Å². The van der Waals surface area contributed by atoms with Crippen LogP contribution >= 0.6 is 0 Å². The fourth-order valence-electron chi connectivity index (χ4n) is 4.24. The Morgan fingerprint density at radius 3 is 2.66 bits per heavy atom. The number of alkyl halides is 3. The third kappa shape index (κ3) is 4.83. The van der Waals surface area contributed by atoms with Crippen molar-refractivity contribution in [3.05, 3.63) is 63.0 Å². The van der Waals surface area contributed by atoms with E-state index in [1.165, 1.54) is 23.1 Å². The minimum absolute atomic E-state index is 0.000365. The Balaban J connectivity index is 1.67. The highest BCUT2D eigenvalue weighted by molar-refractivity contribution is 5.87. The lowest BCUT2D eigenvalue weighted by Gasteiger charge is -2.37. The second-order valence-electron chi connectivity index (χ2n) is 8.41. The van der Waals surface area contributed by atoms with Crippen LogP contribution in [-0.2, 0) is 16.9 Å². The number of aliphatic hydroxyl groups is 1. The number of hydrogen-bond acceptors (Lipinski definition) is 6. The van der Waals surface area contributed by atoms with Crippen molar-refractivity contribution >= 4 is 22.8 Å². The number of aromatic nitrogens is 3. The van der Waals surface area contributed by atoms with Gasteiger partial charge in [-0.2, -0.15) is 0 Å². The van der Waals surface area contributed by atoms with Crippen LogP contribution in [0.3, 0.4) is 0 Å². The highest BCUT2D eigenvalue weighted by Gasteiger charge is 2.37. The first-order chi connectivity index (χ1) is 16.6. The van der Waals surface area contributed by atoms with Gasteiger partial charge in [-0.1, -0.05) is 18.2 Å². The molecule has 1 fully saturated rings. The molecule has 12 heteroatoms. The lowest BCUT2D eigenvalue weighted by Crippen LogP contribution is -2.47. The Labute approximate surface area is 197 Å². The third-order valence-electron chi connectivity index (χ3n) is 6.17. The van der Waals surface area contributed by atoms with E-state index in [0.29, 0.717) is 11.2 Å². The number of anilines is 1. The predicted octanol–water partition coefficient (Wildman–Crippen LogP) is 3.09. The van der Waals surface area contributed by atoms with Crippen LogP contribution in [0.2, 0.25) is 0 Å². The Hall–Kier alpha value is -3.54. The molecule has 1 amide bonds. The van der Waals surface area contributed by atoms with Crippen molar-refractivity contribution in [3.8, 4) is 0 Å². The van der Waals surface area contributed by atoms with Crippen LogP contribution in [0.25, 0.3) is 11.0 Å². The number of aromatic amines is 1. The molecule has 2 aromatic heterocycles. The molecule has 0 atom stereocenters. The summed E-state index contributed by atoms with van der Waals surface area (Å²) in [4.78, 5) is 36.8. The van der Waals surface area contributed by atoms with E-state index in [-0.39, 0.29) is 55.1 Å². The van der Waals surface area contributed by atoms with Gasteiger partial charge < -0.3 is 20.3 Å². The molecule has 1 aromatic carbocycles. The summed E-state index contributed by atoms with van der Waals surface area (Å²) in [6.45, 7) is 0.427. The van der Waals surface area contributed by atoms with Gasteiger partial charge in [0.15, 0.2) is 6.67 Å². The molecular weight excluding hydrogens is 470 g/mol. The van der Waals surface area contributed by atoms with Crippen molar-refractivity contribution in [2.75, 3.05) is 25.1 Å². The molecule has 0 bridgehead atoms. The Morgan fingerprint density at radius 1 is 1.29 bits per heavy atom. The van der Waals surface area contributed by atoms with Crippen molar-refractivity contribution in [1.29, 1.82) is 0 Å². The van der Waals surface area contributed by atoms with Crippen LogP contribution < -0.4 is 10.9 Å². The van der Waals surface area contributed by atoms with Gasteiger partial charge in [-0.3, -0.25) is 9.59 Å². The number of likely N-dealkylation sites (tertiary alicyclic amines) is 1. The number of aryl methyl sites for hydroxylation is 1. The maximum atomic E-state index is 14.5. The van der Waals surface area contributed by atoms with E-state index in [1.807, 2.05) is 0 Å². The molecule has 35 heavy (non-hydrogen) atoms. The topological polar surface area (TPSA) is 111 Å². The summed E-state index contributed by atoms with van der Waals surface area (Å²) in [5.41, 5.74) is -2.66. The number of carbonyl (C=O) groups excluding carboxylic acids is 1. The standard InChI is InChI=1S/C23H23F4N5O3/c1-12-29-20(28-11-13-3-2-4-14(18(13)25)19(26)27)15-9-16(22(34)31-21(15)30-12)23(35)5-7-32(8-6-23)17(33)10-24/h2-4,9,19,35H,5-8,10-11H2,1H3,(H2,28,29,30,31,34). The number of nitrogens with one attached hydrogen (secondary N) is 2. The molecule has 1 saturated heterocycles. The van der Waals surface area contributed by atoms with Crippen molar-refractivity contribution in [3.63, 3.8) is 0 Å². The number of piperidine rings is 1. The molecule has 0 saturated carbocycles. The fourth-order valence-corrected chi connectivity index (χ4v) is 4.24. The zero-order valence-electron chi connectivity index (χ0n) is 18.7. The fraction of sp³-hybridized carbons (Fsp3) is 0.391. The number of nitrogens with zero attached hydrogens (tertiary/aromatic N) is 3. The van der Waals surface area contributed by atoms with E-state index >= 15 is 0 Å². The predicted molar refractivity (Wildman–Crippen MR) is 119 cm³/mol. The second-order valence-corrected chi connectivity index (χ2v) is 8.41. The Bertz CT molecular complexity index is 1320. The van der Waals surface area contributed by atoms with Crippen LogP contribution in [0.15, 0.2) is 29.1 Å². The molecule has 4 rings (SSSR count). The summed E-state index contributed by atoms with van der Waals surface area (Å²) < 4.78 is 53.2. The molecule has 3 aromatic rings. The van der Waals surface area contributed by atoms with Gasteiger partial charge in [-0.05, 0) is 25.8 Å². The molecular formula is C23H23F4N5O3. The molecule has 3 heterocycles. The molecule has 0 aliphatic carbocycles. The molecule has 0 spiro atoms. The Morgan fingerprint density at radius 2 is 2.00 bits per heavy atom. The normalized spacial score (nSPS) is 15.6. The molecule has 8 nitrogen and oxygen atoms in total. The lowest BCUT2D eigenvalue weighted by atomic mass is 9.84. The van der Waals surface area contributed by atoms with Gasteiger partial charge in [0, 0.05) is 30.8 Å². The van der Waals surface area contributed by atoms with Crippen LogP contribution in [-0.4, -0.2) is 50.6 Å². The smallest absolute Gasteiger partial charge is 0.266 e. The molecule has 1 aliphatic rings. The summed E-state index contributed by atoms with van der Waals surface area (Å²) in [6, 6.07) is 5.13. The number of pyridine rings is 1. The van der Waals surface area contributed by atoms with Crippen molar-refractivity contribution in [1.82, 2.24) is 19.9 Å². The molecule has 0 radical (unpaired) electrons. The van der Waals surface area contributed by atoms with Gasteiger partial charge in [0.25, 0.3) is 17.9 Å². The van der Waals surface area contributed by atoms with Crippen LogP contribution in [0.4, 0.5) is 23.4 Å². The first-order valence-corrected chi connectivity index (χ1v) is 10.9. The van der Waals surface area contributed by atoms with Crippen molar-refractivity contribution in [2.24, 2.45) is 0 Å². The third-order valence-corrected chi connectivity index (χ3v) is 6.17. The van der Waals surface area contributed by atoms with E-state index in [1.54, 1.807) is 6.92 Å². The Kier molecular flexibility index (Phi) is 6.75. The maximum Gasteiger partial charge on any atom is 0.266 e. The quantitative estimate of drug-likeness (QED) is 0.455. The highest BCUT2D eigenvalue weighted by atomic mass is 19.3. The summed E-state index contributed by atoms with van der Waals surface area (Å²) >= 11 is 0. The summed E-state index contributed by atoms with van der Waals surface area (Å²) in [5.74, 6) is -1.21. The molecule has 1 aliphatic heterocycles. The van der Waals surface area contributed by atoms with E-state index in [4.69, 9.17) is 0 Å². The van der Waals surface area contributed by atoms with E-state index < -0.39 is 41.5 Å². The molecule has 3 N–H and O–H groups in total. The van der Waals surface area contributed by atoms with Crippen LogP contribution in [0.5, 0.6) is 0 Å². The number of hydrogen-bond donors (Lipinski definition) is 3. The van der Waals surface area contributed by atoms with E-state index in [9.17, 15) is 32.3 Å². The zero-order valence-corrected chi connectivity index (χ0v) is 18.7. The minimum Gasteiger partial charge on any atom is -0.385 e. The average Bonchev–Trinajstić information content (AvgIpc) is 2.82. The number of fused-ring (bicyclic) bond motifs is 1.